The molecule has 0 aliphatic carbocycles. The maximum Gasteiger partial charge on any atom is 0.280 e. The van der Waals surface area contributed by atoms with E-state index in [9.17, 15) is 19.2 Å². The molecule has 326 valence electrons. The first-order valence-electron chi connectivity index (χ1n) is 21.3. The lowest BCUT2D eigenvalue weighted by Crippen LogP contribution is -2.50. The maximum atomic E-state index is 15.3. The first-order chi connectivity index (χ1) is 29.7. The van der Waals surface area contributed by atoms with Crippen LogP contribution in [0, 0.1) is 24.5 Å². The van der Waals surface area contributed by atoms with Gasteiger partial charge in [-0.3, -0.25) is 34.4 Å². The van der Waals surface area contributed by atoms with Crippen molar-refractivity contribution in [2.24, 2.45) is 18.0 Å². The van der Waals surface area contributed by atoms with Crippen molar-refractivity contribution in [3.05, 3.63) is 82.7 Å². The van der Waals surface area contributed by atoms with Gasteiger partial charge in [0, 0.05) is 93.4 Å². The van der Waals surface area contributed by atoms with Gasteiger partial charge in [-0.1, -0.05) is 6.92 Å². The Labute approximate surface area is 359 Å². The predicted octanol–water partition coefficient (Wildman–Crippen LogP) is 5.50. The van der Waals surface area contributed by atoms with Crippen molar-refractivity contribution in [1.29, 1.82) is 0 Å². The van der Waals surface area contributed by atoms with Crippen LogP contribution in [0.3, 0.4) is 0 Å². The Hall–Kier alpha value is -6.23. The predicted molar refractivity (Wildman–Crippen MR) is 231 cm³/mol. The molecule has 0 unspecified atom stereocenters. The third-order valence-corrected chi connectivity index (χ3v) is 12.1. The van der Waals surface area contributed by atoms with E-state index in [0.29, 0.717) is 98.0 Å². The van der Waals surface area contributed by atoms with E-state index in [0.717, 1.165) is 24.2 Å². The van der Waals surface area contributed by atoms with Gasteiger partial charge in [0.05, 0.1) is 41.4 Å². The monoisotopic (exact) mass is 850 g/mol. The fourth-order valence-electron chi connectivity index (χ4n) is 8.73. The summed E-state index contributed by atoms with van der Waals surface area (Å²) in [6, 6.07) is 11.4. The number of piperazine rings is 1. The second-order valence-corrected chi connectivity index (χ2v) is 16.9. The minimum atomic E-state index is -1.05. The number of carbonyl (C=O) groups excluding carboxylic acids is 4. The number of piperidine rings is 1. The van der Waals surface area contributed by atoms with Gasteiger partial charge in [-0.05, 0) is 88.4 Å². The number of nitrogens with zero attached hydrogens (tertiary/aromatic N) is 8. The SMILES string of the molecule is Cc1cc2cc(n1)-c1cnn(C)c1OCCC[C@@H](C)CN1/C(=N/C2=O)Nc2ccc(C(=O)N(CCN3CCN(c4cc(F)c([C@H]5CCC(=O)NC5=O)c(F)c4)CC3)C(C)C)cc21. The van der Waals surface area contributed by atoms with Gasteiger partial charge in [-0.2, -0.15) is 10.1 Å². The lowest BCUT2D eigenvalue weighted by Gasteiger charge is -2.38. The van der Waals surface area contributed by atoms with Crippen molar-refractivity contribution in [3.63, 3.8) is 0 Å². The minimum absolute atomic E-state index is 0.0294. The highest BCUT2D eigenvalue weighted by Crippen LogP contribution is 2.37. The lowest BCUT2D eigenvalue weighted by atomic mass is 9.89. The zero-order valence-electron chi connectivity index (χ0n) is 35.7. The average molecular weight is 851 g/mol. The Kier molecular flexibility index (Phi) is 12.1. The lowest BCUT2D eigenvalue weighted by molar-refractivity contribution is -0.134. The van der Waals surface area contributed by atoms with E-state index in [1.165, 1.54) is 12.1 Å². The number of rotatable bonds is 7. The topological polar surface area (TPSA) is 158 Å². The Morgan fingerprint density at radius 2 is 1.76 bits per heavy atom. The molecule has 0 radical (unpaired) electrons. The molecule has 4 aliphatic rings. The summed E-state index contributed by atoms with van der Waals surface area (Å²) in [6.07, 6.45) is 3.41. The molecule has 15 nitrogen and oxygen atoms in total. The van der Waals surface area contributed by atoms with Crippen LogP contribution >= 0.6 is 0 Å². The molecule has 2 aromatic carbocycles. The summed E-state index contributed by atoms with van der Waals surface area (Å²) in [5.41, 5.74) is 4.42. The molecule has 2 bridgehead atoms. The van der Waals surface area contributed by atoms with Crippen LogP contribution < -0.4 is 25.2 Å². The molecule has 2 atom stereocenters. The van der Waals surface area contributed by atoms with Gasteiger partial charge in [-0.15, -0.1) is 0 Å². The summed E-state index contributed by atoms with van der Waals surface area (Å²) in [7, 11) is 1.82. The molecular formula is C45H52F2N10O5. The van der Waals surface area contributed by atoms with E-state index in [1.54, 1.807) is 29.1 Å². The Morgan fingerprint density at radius 3 is 2.48 bits per heavy atom. The summed E-state index contributed by atoms with van der Waals surface area (Å²) in [5.74, 6) is -3.18. The summed E-state index contributed by atoms with van der Waals surface area (Å²) in [6.45, 7) is 12.3. The van der Waals surface area contributed by atoms with Crippen LogP contribution in [0.2, 0.25) is 0 Å². The summed E-state index contributed by atoms with van der Waals surface area (Å²) < 4.78 is 38.5. The first kappa shape index (κ1) is 42.5. The Morgan fingerprint density at radius 1 is 1.00 bits per heavy atom. The van der Waals surface area contributed by atoms with Crippen molar-refractivity contribution in [3.8, 4) is 17.1 Å². The number of amides is 4. The molecule has 2 fully saturated rings. The van der Waals surface area contributed by atoms with Crippen LogP contribution in [0.15, 0.2) is 53.7 Å². The van der Waals surface area contributed by atoms with Crippen molar-refractivity contribution >= 4 is 46.7 Å². The van der Waals surface area contributed by atoms with E-state index in [2.05, 4.69) is 37.5 Å². The number of anilines is 3. The van der Waals surface area contributed by atoms with Crippen molar-refractivity contribution in [2.75, 3.05) is 67.5 Å². The molecule has 2 saturated heterocycles. The molecule has 17 heteroatoms. The van der Waals surface area contributed by atoms with E-state index in [1.807, 2.05) is 54.7 Å². The standard InChI is InChI=1S/C45H52F2N10O5/c1-26(2)56(17-14-54-12-15-55(16-13-54)31-22-34(46)40(35(47)23-31)32-9-11-39(58)51-42(32)60)43(61)29-8-10-36-38(21-29)57-25-27(3)7-6-18-62-44-33(24-48-53(44)5)37-20-30(19-28(4)49-37)41(59)52-45(57)50-36/h8,10,19-24,26-27,32H,6-7,9,11-18,25H2,1-5H3,(H,50,52,59)(H,51,58,60)/t27-,32-/m1/s1. The van der Waals surface area contributed by atoms with Gasteiger partial charge >= 0.3 is 0 Å². The smallest absolute Gasteiger partial charge is 0.280 e. The number of aromatic nitrogens is 3. The number of benzene rings is 2. The molecule has 2 aromatic heterocycles. The highest BCUT2D eigenvalue weighted by Gasteiger charge is 2.34. The maximum absolute atomic E-state index is 15.3. The van der Waals surface area contributed by atoms with Crippen molar-refractivity contribution in [1.82, 2.24) is 29.9 Å². The third kappa shape index (κ3) is 8.76. The van der Waals surface area contributed by atoms with Crippen LogP contribution in [0.5, 0.6) is 5.88 Å². The molecule has 4 aliphatic heterocycles. The van der Waals surface area contributed by atoms with Gasteiger partial charge in [0.1, 0.15) is 11.6 Å². The number of pyridine rings is 1. The molecule has 4 amide bonds. The van der Waals surface area contributed by atoms with E-state index in [-0.39, 0.29) is 36.3 Å². The van der Waals surface area contributed by atoms with Gasteiger partial charge < -0.3 is 24.8 Å². The van der Waals surface area contributed by atoms with E-state index < -0.39 is 35.3 Å². The number of imide groups is 1. The van der Waals surface area contributed by atoms with Gasteiger partial charge in [0.15, 0.2) is 0 Å². The third-order valence-electron chi connectivity index (χ3n) is 12.1. The van der Waals surface area contributed by atoms with Crippen LogP contribution in [-0.2, 0) is 16.6 Å². The molecule has 4 aromatic rings. The number of nitrogens with one attached hydrogen (secondary N) is 2. The molecule has 0 spiro atoms. The second-order valence-electron chi connectivity index (χ2n) is 16.9. The summed E-state index contributed by atoms with van der Waals surface area (Å²) in [4.78, 5) is 69.3. The number of fused-ring (bicyclic) bond motifs is 7. The summed E-state index contributed by atoms with van der Waals surface area (Å²) >= 11 is 0. The number of aliphatic imine (C=N–C) groups is 1. The fourth-order valence-corrected chi connectivity index (χ4v) is 8.73. The number of aryl methyl sites for hydroxylation is 2. The quantitative estimate of drug-likeness (QED) is 0.227. The molecular weight excluding hydrogens is 799 g/mol. The normalized spacial score (nSPS) is 20.5. The Balaban J connectivity index is 0.950. The van der Waals surface area contributed by atoms with Crippen molar-refractivity contribution in [2.45, 2.75) is 65.3 Å². The number of hydrogen-bond donors (Lipinski definition) is 2. The molecule has 62 heavy (non-hydrogen) atoms. The molecule has 8 rings (SSSR count). The van der Waals surface area contributed by atoms with Crippen LogP contribution in [0.1, 0.15) is 84.3 Å². The van der Waals surface area contributed by atoms with E-state index in [4.69, 9.17) is 4.74 Å². The van der Waals surface area contributed by atoms with Gasteiger partial charge in [0.2, 0.25) is 23.7 Å². The second kappa shape index (κ2) is 17.6. The van der Waals surface area contributed by atoms with Gasteiger partial charge in [0.25, 0.3) is 11.8 Å². The van der Waals surface area contributed by atoms with Gasteiger partial charge in [-0.25, -0.2) is 13.5 Å². The number of hydrogen-bond acceptors (Lipinski definition) is 11. The number of guanidine groups is 1. The van der Waals surface area contributed by atoms with Crippen molar-refractivity contribution < 1.29 is 32.7 Å². The number of ether oxygens (including phenoxy) is 1. The van der Waals surface area contributed by atoms with Crippen LogP contribution in [-0.4, -0.2) is 113 Å². The largest absolute Gasteiger partial charge is 0.477 e. The zero-order chi connectivity index (χ0) is 43.8. The minimum Gasteiger partial charge on any atom is -0.477 e. The Bertz CT molecular complexity index is 2420. The highest BCUT2D eigenvalue weighted by molar-refractivity contribution is 6.19. The molecule has 6 heterocycles. The molecule has 2 N–H and O–H groups in total. The molecule has 0 saturated carbocycles. The number of halogens is 2. The van der Waals surface area contributed by atoms with E-state index >= 15 is 8.78 Å². The van der Waals surface area contributed by atoms with Crippen LogP contribution in [0.25, 0.3) is 11.3 Å². The van der Waals surface area contributed by atoms with Crippen LogP contribution in [0.4, 0.5) is 25.8 Å². The summed E-state index contributed by atoms with van der Waals surface area (Å²) in [5, 5.41) is 9.91. The average Bonchev–Trinajstić information content (AvgIpc) is 3.77. The first-order valence-corrected chi connectivity index (χ1v) is 21.3. The highest BCUT2D eigenvalue weighted by atomic mass is 19.1. The zero-order valence-corrected chi connectivity index (χ0v) is 35.7. The fraction of sp³-hybridized carbons (Fsp3) is 0.444. The number of carbonyl (C=O) groups is 4.